The molecule has 0 amide bonds. The maximum atomic E-state index is 4.55. The minimum Gasteiger partial charge on any atom is -0.399 e. The van der Waals surface area contributed by atoms with E-state index in [0.717, 1.165) is 10.0 Å². The highest BCUT2D eigenvalue weighted by atomic mass is 79.9. The monoisotopic (exact) mass is 213 g/mol. The fraction of sp³-hybridized carbons (Fsp3) is 0.125. The Morgan fingerprint density at radius 3 is 2.82 bits per heavy atom. The number of rotatable bonds is 2. The highest BCUT2D eigenvalue weighted by Crippen LogP contribution is 2.13. The molecule has 1 aromatic carbocycles. The molecule has 3 heteroatoms. The highest BCUT2D eigenvalue weighted by Gasteiger charge is 1.92. The molecule has 0 aliphatic heterocycles. The van der Waals surface area contributed by atoms with Crippen LogP contribution in [0.5, 0.6) is 0 Å². The standard InChI is InChI=1S/C8H8BrNO/c1-11-10-6-7-4-2-3-5-8(7)9/h2-6H,1H3/b10-6+. The van der Waals surface area contributed by atoms with Crippen LogP contribution in [0.4, 0.5) is 0 Å². The average Bonchev–Trinajstić information content (AvgIpc) is 2.03. The number of oxime groups is 1. The molecule has 1 rings (SSSR count). The summed E-state index contributed by atoms with van der Waals surface area (Å²) < 4.78 is 1.01. The first kappa shape index (κ1) is 8.27. The van der Waals surface area contributed by atoms with E-state index < -0.39 is 0 Å². The molecule has 0 N–H and O–H groups in total. The molecular formula is C8H8BrNO. The van der Waals surface area contributed by atoms with Crippen molar-refractivity contribution in [1.82, 2.24) is 0 Å². The van der Waals surface area contributed by atoms with Crippen molar-refractivity contribution in [1.29, 1.82) is 0 Å². The third-order valence-corrected chi connectivity index (χ3v) is 1.92. The molecule has 1 aromatic rings. The van der Waals surface area contributed by atoms with Crippen LogP contribution in [0, 0.1) is 0 Å². The SMILES string of the molecule is CO/N=C/c1ccccc1Br. The van der Waals surface area contributed by atoms with E-state index in [1.165, 1.54) is 7.11 Å². The van der Waals surface area contributed by atoms with Crippen LogP contribution in [0.25, 0.3) is 0 Å². The lowest BCUT2D eigenvalue weighted by Crippen LogP contribution is -1.82. The van der Waals surface area contributed by atoms with Gasteiger partial charge in [-0.15, -0.1) is 0 Å². The van der Waals surface area contributed by atoms with Gasteiger partial charge in [0.25, 0.3) is 0 Å². The van der Waals surface area contributed by atoms with Crippen LogP contribution in [0.1, 0.15) is 5.56 Å². The summed E-state index contributed by atoms with van der Waals surface area (Å²) in [6.07, 6.45) is 1.66. The van der Waals surface area contributed by atoms with Gasteiger partial charge in [0.2, 0.25) is 0 Å². The number of hydrogen-bond donors (Lipinski definition) is 0. The van der Waals surface area contributed by atoms with E-state index in [4.69, 9.17) is 0 Å². The summed E-state index contributed by atoms with van der Waals surface area (Å²) in [5, 5.41) is 3.65. The molecule has 0 spiro atoms. The Balaban J connectivity index is 2.86. The van der Waals surface area contributed by atoms with Crippen molar-refractivity contribution in [2.45, 2.75) is 0 Å². The fourth-order valence-electron chi connectivity index (χ4n) is 0.689. The van der Waals surface area contributed by atoms with Crippen molar-refractivity contribution in [2.75, 3.05) is 7.11 Å². The summed E-state index contributed by atoms with van der Waals surface area (Å²) in [6, 6.07) is 7.81. The summed E-state index contributed by atoms with van der Waals surface area (Å²) >= 11 is 3.38. The smallest absolute Gasteiger partial charge is 0.106 e. The molecule has 0 saturated carbocycles. The van der Waals surface area contributed by atoms with Crippen molar-refractivity contribution < 1.29 is 4.84 Å². The van der Waals surface area contributed by atoms with Gasteiger partial charge in [-0.05, 0) is 6.07 Å². The zero-order chi connectivity index (χ0) is 8.10. The van der Waals surface area contributed by atoms with E-state index in [0.29, 0.717) is 0 Å². The first-order valence-corrected chi connectivity index (χ1v) is 3.95. The highest BCUT2D eigenvalue weighted by molar-refractivity contribution is 9.10. The molecule has 0 saturated heterocycles. The predicted molar refractivity (Wildman–Crippen MR) is 48.7 cm³/mol. The van der Waals surface area contributed by atoms with Crippen molar-refractivity contribution in [2.24, 2.45) is 5.16 Å². The van der Waals surface area contributed by atoms with Crippen LogP contribution in [-0.2, 0) is 4.84 Å². The van der Waals surface area contributed by atoms with Gasteiger partial charge in [-0.3, -0.25) is 0 Å². The lowest BCUT2D eigenvalue weighted by molar-refractivity contribution is 0.215. The van der Waals surface area contributed by atoms with Gasteiger partial charge in [0, 0.05) is 10.0 Å². The summed E-state index contributed by atoms with van der Waals surface area (Å²) in [4.78, 5) is 4.55. The van der Waals surface area contributed by atoms with Crippen LogP contribution >= 0.6 is 15.9 Å². The van der Waals surface area contributed by atoms with Crippen LogP contribution in [0.15, 0.2) is 33.9 Å². The van der Waals surface area contributed by atoms with Gasteiger partial charge in [0.15, 0.2) is 0 Å². The van der Waals surface area contributed by atoms with Gasteiger partial charge in [0.05, 0.1) is 6.21 Å². The molecule has 0 radical (unpaired) electrons. The van der Waals surface area contributed by atoms with E-state index in [1.807, 2.05) is 24.3 Å². The van der Waals surface area contributed by atoms with Crippen LogP contribution in [0.3, 0.4) is 0 Å². The van der Waals surface area contributed by atoms with Gasteiger partial charge in [-0.25, -0.2) is 0 Å². The Labute approximate surface area is 74.0 Å². The molecule has 0 aromatic heterocycles. The molecule has 0 fully saturated rings. The zero-order valence-electron chi connectivity index (χ0n) is 6.12. The zero-order valence-corrected chi connectivity index (χ0v) is 7.71. The first-order chi connectivity index (χ1) is 5.34. The van der Waals surface area contributed by atoms with E-state index in [9.17, 15) is 0 Å². The van der Waals surface area contributed by atoms with Gasteiger partial charge in [-0.1, -0.05) is 39.3 Å². The minimum absolute atomic E-state index is 1.01. The Morgan fingerprint density at radius 1 is 1.45 bits per heavy atom. The summed E-state index contributed by atoms with van der Waals surface area (Å²) in [5.41, 5.74) is 1.01. The van der Waals surface area contributed by atoms with E-state index in [1.54, 1.807) is 6.21 Å². The number of hydrogen-bond acceptors (Lipinski definition) is 2. The Morgan fingerprint density at radius 2 is 2.18 bits per heavy atom. The fourth-order valence-corrected chi connectivity index (χ4v) is 1.08. The second kappa shape index (κ2) is 4.13. The third-order valence-electron chi connectivity index (χ3n) is 1.20. The number of nitrogens with zero attached hydrogens (tertiary/aromatic N) is 1. The van der Waals surface area contributed by atoms with Crippen LogP contribution in [-0.4, -0.2) is 13.3 Å². The molecule has 0 atom stereocenters. The van der Waals surface area contributed by atoms with Crippen LogP contribution in [0.2, 0.25) is 0 Å². The lowest BCUT2D eigenvalue weighted by Gasteiger charge is -1.94. The topological polar surface area (TPSA) is 21.6 Å². The Hall–Kier alpha value is -0.830. The second-order valence-corrected chi connectivity index (χ2v) is 2.79. The number of benzene rings is 1. The lowest BCUT2D eigenvalue weighted by atomic mass is 10.2. The molecule has 0 heterocycles. The third kappa shape index (κ3) is 2.35. The summed E-state index contributed by atoms with van der Waals surface area (Å²) in [5.74, 6) is 0. The molecule has 0 unspecified atom stereocenters. The molecule has 11 heavy (non-hydrogen) atoms. The first-order valence-electron chi connectivity index (χ1n) is 3.15. The minimum atomic E-state index is 1.01. The van der Waals surface area contributed by atoms with E-state index in [-0.39, 0.29) is 0 Å². The van der Waals surface area contributed by atoms with Gasteiger partial charge in [-0.2, -0.15) is 0 Å². The van der Waals surface area contributed by atoms with E-state index in [2.05, 4.69) is 25.9 Å². The predicted octanol–water partition coefficient (Wildman–Crippen LogP) is 2.43. The summed E-state index contributed by atoms with van der Waals surface area (Å²) in [7, 11) is 1.52. The molecule has 0 bridgehead atoms. The largest absolute Gasteiger partial charge is 0.399 e. The molecular weight excluding hydrogens is 206 g/mol. The van der Waals surface area contributed by atoms with Crippen molar-refractivity contribution in [3.8, 4) is 0 Å². The second-order valence-electron chi connectivity index (χ2n) is 1.94. The van der Waals surface area contributed by atoms with Gasteiger partial charge >= 0.3 is 0 Å². The molecule has 0 aliphatic carbocycles. The Bertz CT molecular complexity index is 260. The summed E-state index contributed by atoms with van der Waals surface area (Å²) in [6.45, 7) is 0. The van der Waals surface area contributed by atoms with Crippen molar-refractivity contribution in [3.63, 3.8) is 0 Å². The Kier molecular flexibility index (Phi) is 3.11. The maximum absolute atomic E-state index is 4.55. The normalized spacial score (nSPS) is 10.4. The van der Waals surface area contributed by atoms with Crippen LogP contribution < -0.4 is 0 Å². The maximum Gasteiger partial charge on any atom is 0.106 e. The van der Waals surface area contributed by atoms with Gasteiger partial charge in [0.1, 0.15) is 7.11 Å². The average molecular weight is 214 g/mol. The quantitative estimate of drug-likeness (QED) is 0.547. The molecule has 0 aliphatic rings. The number of halogens is 1. The van der Waals surface area contributed by atoms with E-state index >= 15 is 0 Å². The van der Waals surface area contributed by atoms with Crippen molar-refractivity contribution in [3.05, 3.63) is 34.3 Å². The van der Waals surface area contributed by atoms with Crippen molar-refractivity contribution >= 4 is 22.1 Å². The van der Waals surface area contributed by atoms with Gasteiger partial charge < -0.3 is 4.84 Å². The molecule has 2 nitrogen and oxygen atoms in total. The molecule has 58 valence electrons.